The van der Waals surface area contributed by atoms with Crippen molar-refractivity contribution in [1.29, 1.82) is 0 Å². The van der Waals surface area contributed by atoms with E-state index in [0.717, 1.165) is 6.42 Å². The summed E-state index contributed by atoms with van der Waals surface area (Å²) in [5.41, 5.74) is 3.68. The third-order valence-electron chi connectivity index (χ3n) is 3.85. The van der Waals surface area contributed by atoms with Crippen molar-refractivity contribution in [2.24, 2.45) is 11.8 Å². The third-order valence-corrected chi connectivity index (χ3v) is 3.85. The summed E-state index contributed by atoms with van der Waals surface area (Å²) in [6, 6.07) is 6.38. The van der Waals surface area contributed by atoms with Crippen LogP contribution in [-0.4, -0.2) is 23.5 Å². The molecular formula is C16H21NO3. The minimum Gasteiger partial charge on any atom is -0.481 e. The number of carbonyl (C=O) groups excluding carboxylic acids is 1. The summed E-state index contributed by atoms with van der Waals surface area (Å²) in [6.45, 7) is 4.74. The number of hydrogen-bond acceptors (Lipinski definition) is 2. The van der Waals surface area contributed by atoms with Crippen LogP contribution in [0.4, 0.5) is 0 Å². The van der Waals surface area contributed by atoms with Gasteiger partial charge in [0.1, 0.15) is 0 Å². The Balaban J connectivity index is 1.73. The van der Waals surface area contributed by atoms with E-state index >= 15 is 0 Å². The molecule has 4 nitrogen and oxygen atoms in total. The Kier molecular flexibility index (Phi) is 4.42. The average Bonchev–Trinajstić information content (AvgIpc) is 2.24. The number of hydrogen-bond donors (Lipinski definition) is 2. The van der Waals surface area contributed by atoms with Crippen molar-refractivity contribution in [3.63, 3.8) is 0 Å². The van der Waals surface area contributed by atoms with Gasteiger partial charge in [-0.15, -0.1) is 0 Å². The van der Waals surface area contributed by atoms with Gasteiger partial charge in [0, 0.05) is 12.5 Å². The quantitative estimate of drug-likeness (QED) is 0.864. The Morgan fingerprint density at radius 1 is 1.15 bits per heavy atom. The standard InChI is InChI=1S/C16H21NO3/c1-10-5-11(2)7-12(6-10)3-4-17-15(18)13-8-14(9-13)16(19)20/h5-7,13-14H,3-4,8-9H2,1-2H3,(H,17,18)(H,19,20). The van der Waals surface area contributed by atoms with Crippen LogP contribution < -0.4 is 5.32 Å². The summed E-state index contributed by atoms with van der Waals surface area (Å²) in [5.74, 6) is -1.24. The van der Waals surface area contributed by atoms with E-state index in [0.29, 0.717) is 19.4 Å². The Morgan fingerprint density at radius 3 is 2.30 bits per heavy atom. The minimum atomic E-state index is -0.788. The molecule has 1 aliphatic carbocycles. The normalized spacial score (nSPS) is 21.1. The van der Waals surface area contributed by atoms with Crippen LogP contribution in [0.5, 0.6) is 0 Å². The van der Waals surface area contributed by atoms with Crippen molar-refractivity contribution < 1.29 is 14.7 Å². The molecule has 0 saturated heterocycles. The Morgan fingerprint density at radius 2 is 1.75 bits per heavy atom. The molecule has 0 atom stereocenters. The van der Waals surface area contributed by atoms with Crippen molar-refractivity contribution in [1.82, 2.24) is 5.32 Å². The molecule has 1 aromatic carbocycles. The Labute approximate surface area is 119 Å². The van der Waals surface area contributed by atoms with E-state index in [2.05, 4.69) is 37.4 Å². The number of aryl methyl sites for hydroxylation is 2. The number of benzene rings is 1. The first-order valence-electron chi connectivity index (χ1n) is 7.03. The number of carboxylic acids is 1. The molecule has 0 radical (unpaired) electrons. The third kappa shape index (κ3) is 3.59. The monoisotopic (exact) mass is 275 g/mol. The fourth-order valence-electron chi connectivity index (χ4n) is 2.72. The van der Waals surface area contributed by atoms with Crippen LogP contribution in [0, 0.1) is 25.7 Å². The number of rotatable bonds is 5. The summed E-state index contributed by atoms with van der Waals surface area (Å²) in [7, 11) is 0. The maximum absolute atomic E-state index is 11.8. The lowest BCUT2D eigenvalue weighted by Gasteiger charge is -2.30. The predicted molar refractivity (Wildman–Crippen MR) is 76.5 cm³/mol. The molecule has 0 aromatic heterocycles. The SMILES string of the molecule is Cc1cc(C)cc(CCNC(=O)C2CC(C(=O)O)C2)c1. The summed E-state index contributed by atoms with van der Waals surface area (Å²) in [5, 5.41) is 11.7. The first kappa shape index (κ1) is 14.6. The van der Waals surface area contributed by atoms with Gasteiger partial charge in [0.25, 0.3) is 0 Å². The van der Waals surface area contributed by atoms with Crippen LogP contribution in [0.15, 0.2) is 18.2 Å². The second kappa shape index (κ2) is 6.07. The number of carbonyl (C=O) groups is 2. The molecule has 1 aliphatic rings. The summed E-state index contributed by atoms with van der Waals surface area (Å²) < 4.78 is 0. The zero-order chi connectivity index (χ0) is 14.7. The van der Waals surface area contributed by atoms with Gasteiger partial charge in [0.15, 0.2) is 0 Å². The van der Waals surface area contributed by atoms with Gasteiger partial charge in [0.05, 0.1) is 5.92 Å². The molecule has 1 amide bonds. The van der Waals surface area contributed by atoms with Crippen LogP contribution in [-0.2, 0) is 16.0 Å². The van der Waals surface area contributed by atoms with Gasteiger partial charge in [-0.2, -0.15) is 0 Å². The first-order valence-corrected chi connectivity index (χ1v) is 7.03. The largest absolute Gasteiger partial charge is 0.481 e. The number of amides is 1. The molecule has 1 aromatic rings. The average molecular weight is 275 g/mol. The van der Waals surface area contributed by atoms with Gasteiger partial charge in [-0.05, 0) is 38.7 Å². The highest BCUT2D eigenvalue weighted by Crippen LogP contribution is 2.33. The smallest absolute Gasteiger partial charge is 0.306 e. The first-order chi connectivity index (χ1) is 9.45. The predicted octanol–water partition coefficient (Wildman–Crippen LogP) is 2.07. The highest BCUT2D eigenvalue weighted by molar-refractivity contribution is 5.82. The van der Waals surface area contributed by atoms with E-state index < -0.39 is 5.97 Å². The topological polar surface area (TPSA) is 66.4 Å². The summed E-state index contributed by atoms with van der Waals surface area (Å²) >= 11 is 0. The highest BCUT2D eigenvalue weighted by Gasteiger charge is 2.38. The van der Waals surface area contributed by atoms with Crippen LogP contribution in [0.3, 0.4) is 0 Å². The maximum Gasteiger partial charge on any atom is 0.306 e. The van der Waals surface area contributed by atoms with Gasteiger partial charge in [0.2, 0.25) is 5.91 Å². The Hall–Kier alpha value is -1.84. The van der Waals surface area contributed by atoms with E-state index in [4.69, 9.17) is 5.11 Å². The minimum absolute atomic E-state index is 0.00752. The molecule has 0 unspecified atom stereocenters. The van der Waals surface area contributed by atoms with E-state index in [1.165, 1.54) is 16.7 Å². The molecule has 4 heteroatoms. The van der Waals surface area contributed by atoms with Gasteiger partial charge in [-0.25, -0.2) is 0 Å². The highest BCUT2D eigenvalue weighted by atomic mass is 16.4. The van der Waals surface area contributed by atoms with E-state index in [-0.39, 0.29) is 17.7 Å². The molecule has 2 rings (SSSR count). The van der Waals surface area contributed by atoms with Crippen LogP contribution in [0.25, 0.3) is 0 Å². The summed E-state index contributed by atoms with van der Waals surface area (Å²) in [6.07, 6.45) is 1.76. The number of aliphatic carboxylic acids is 1. The van der Waals surface area contributed by atoms with Gasteiger partial charge in [-0.1, -0.05) is 29.3 Å². The molecule has 1 fully saturated rings. The zero-order valence-electron chi connectivity index (χ0n) is 12.0. The molecule has 2 N–H and O–H groups in total. The number of carboxylic acid groups (broad SMARTS) is 1. The fourth-order valence-corrected chi connectivity index (χ4v) is 2.72. The molecular weight excluding hydrogens is 254 g/mol. The van der Waals surface area contributed by atoms with Crippen LogP contribution in [0.1, 0.15) is 29.5 Å². The fraction of sp³-hybridized carbons (Fsp3) is 0.500. The van der Waals surface area contributed by atoms with Crippen molar-refractivity contribution >= 4 is 11.9 Å². The number of nitrogens with one attached hydrogen (secondary N) is 1. The van der Waals surface area contributed by atoms with Crippen LogP contribution in [0.2, 0.25) is 0 Å². The van der Waals surface area contributed by atoms with Gasteiger partial charge >= 0.3 is 5.97 Å². The molecule has 0 heterocycles. The van der Waals surface area contributed by atoms with Crippen molar-refractivity contribution in [2.45, 2.75) is 33.1 Å². The van der Waals surface area contributed by atoms with Crippen LogP contribution >= 0.6 is 0 Å². The molecule has 0 bridgehead atoms. The lowest BCUT2D eigenvalue weighted by molar-refractivity contribution is -0.148. The van der Waals surface area contributed by atoms with Crippen molar-refractivity contribution in [2.75, 3.05) is 6.54 Å². The van der Waals surface area contributed by atoms with Crippen molar-refractivity contribution in [3.05, 3.63) is 34.9 Å². The van der Waals surface area contributed by atoms with E-state index in [9.17, 15) is 9.59 Å². The second-order valence-corrected chi connectivity index (χ2v) is 5.74. The zero-order valence-corrected chi connectivity index (χ0v) is 12.0. The molecule has 20 heavy (non-hydrogen) atoms. The van der Waals surface area contributed by atoms with E-state index in [1.807, 2.05) is 0 Å². The second-order valence-electron chi connectivity index (χ2n) is 5.74. The van der Waals surface area contributed by atoms with Crippen molar-refractivity contribution in [3.8, 4) is 0 Å². The van der Waals surface area contributed by atoms with Gasteiger partial charge < -0.3 is 10.4 Å². The molecule has 1 saturated carbocycles. The molecule has 108 valence electrons. The lowest BCUT2D eigenvalue weighted by Crippen LogP contribution is -2.41. The van der Waals surface area contributed by atoms with E-state index in [1.54, 1.807) is 0 Å². The lowest BCUT2D eigenvalue weighted by atomic mass is 9.74. The Bertz CT molecular complexity index is 498. The molecule has 0 spiro atoms. The molecule has 0 aliphatic heterocycles. The summed E-state index contributed by atoms with van der Waals surface area (Å²) in [4.78, 5) is 22.5. The van der Waals surface area contributed by atoms with Gasteiger partial charge in [-0.3, -0.25) is 9.59 Å². The maximum atomic E-state index is 11.8.